The lowest BCUT2D eigenvalue weighted by atomic mass is 10.4. The monoisotopic (exact) mass is 180 g/mol. The molecule has 0 saturated heterocycles. The summed E-state index contributed by atoms with van der Waals surface area (Å²) in [6.45, 7) is 0. The van der Waals surface area contributed by atoms with E-state index in [4.69, 9.17) is 5.73 Å². The van der Waals surface area contributed by atoms with Crippen molar-refractivity contribution >= 4 is 17.2 Å². The van der Waals surface area contributed by atoms with Crippen LogP contribution in [0.3, 0.4) is 0 Å². The molecule has 0 bridgehead atoms. The van der Waals surface area contributed by atoms with Crippen molar-refractivity contribution in [3.05, 3.63) is 17.8 Å². The van der Waals surface area contributed by atoms with E-state index in [0.717, 1.165) is 10.6 Å². The first-order valence-electron chi connectivity index (χ1n) is 3.46. The molecule has 12 heavy (non-hydrogen) atoms. The van der Waals surface area contributed by atoms with Gasteiger partial charge in [-0.15, -0.1) is 11.3 Å². The van der Waals surface area contributed by atoms with Crippen molar-refractivity contribution in [2.45, 2.75) is 0 Å². The number of thiazole rings is 1. The minimum atomic E-state index is 0.568. The predicted molar refractivity (Wildman–Crippen MR) is 48.7 cm³/mol. The van der Waals surface area contributed by atoms with E-state index in [1.54, 1.807) is 10.9 Å². The lowest BCUT2D eigenvalue weighted by Gasteiger charge is -1.85. The van der Waals surface area contributed by atoms with Gasteiger partial charge in [-0.2, -0.15) is 5.10 Å². The van der Waals surface area contributed by atoms with Crippen LogP contribution in [0.5, 0.6) is 0 Å². The van der Waals surface area contributed by atoms with Crippen LogP contribution < -0.4 is 5.73 Å². The number of nitrogen functional groups attached to an aromatic ring is 1. The topological polar surface area (TPSA) is 56.7 Å². The Balaban J connectivity index is 2.43. The lowest BCUT2D eigenvalue weighted by Crippen LogP contribution is -1.84. The molecule has 0 radical (unpaired) electrons. The van der Waals surface area contributed by atoms with E-state index in [-0.39, 0.29) is 0 Å². The molecule has 0 aliphatic carbocycles. The zero-order valence-corrected chi connectivity index (χ0v) is 7.38. The van der Waals surface area contributed by atoms with Gasteiger partial charge in [0, 0.05) is 24.2 Å². The third-order valence-electron chi connectivity index (χ3n) is 1.47. The van der Waals surface area contributed by atoms with E-state index in [0.29, 0.717) is 5.82 Å². The molecular formula is C7H8N4S. The van der Waals surface area contributed by atoms with Crippen LogP contribution in [-0.2, 0) is 7.05 Å². The van der Waals surface area contributed by atoms with Gasteiger partial charge in [0.15, 0.2) is 0 Å². The molecule has 5 heteroatoms. The van der Waals surface area contributed by atoms with Gasteiger partial charge in [-0.1, -0.05) is 0 Å². The Morgan fingerprint density at radius 3 is 2.92 bits per heavy atom. The summed E-state index contributed by atoms with van der Waals surface area (Å²) < 4.78 is 1.74. The molecule has 0 fully saturated rings. The van der Waals surface area contributed by atoms with Crippen LogP contribution in [0.1, 0.15) is 0 Å². The zero-order valence-electron chi connectivity index (χ0n) is 6.56. The van der Waals surface area contributed by atoms with Crippen LogP contribution in [-0.4, -0.2) is 14.8 Å². The third-order valence-corrected chi connectivity index (χ3v) is 2.38. The van der Waals surface area contributed by atoms with Gasteiger partial charge in [-0.05, 0) is 0 Å². The Kier molecular flexibility index (Phi) is 1.58. The zero-order chi connectivity index (χ0) is 8.55. The maximum atomic E-state index is 5.49. The van der Waals surface area contributed by atoms with E-state index in [9.17, 15) is 0 Å². The Labute approximate surface area is 73.7 Å². The molecule has 62 valence electrons. The second-order valence-corrected chi connectivity index (χ2v) is 3.34. The van der Waals surface area contributed by atoms with Crippen molar-refractivity contribution in [3.8, 4) is 10.6 Å². The average molecular weight is 180 g/mol. The van der Waals surface area contributed by atoms with Gasteiger partial charge < -0.3 is 5.73 Å². The summed E-state index contributed by atoms with van der Waals surface area (Å²) in [5.74, 6) is 0.568. The second kappa shape index (κ2) is 2.60. The first-order chi connectivity index (χ1) is 5.75. The van der Waals surface area contributed by atoms with Crippen LogP contribution in [0.2, 0.25) is 0 Å². The molecule has 2 N–H and O–H groups in total. The normalized spacial score (nSPS) is 10.4. The van der Waals surface area contributed by atoms with Gasteiger partial charge in [0.05, 0.1) is 6.20 Å². The number of hydrogen-bond acceptors (Lipinski definition) is 4. The van der Waals surface area contributed by atoms with Crippen molar-refractivity contribution in [2.75, 3.05) is 5.73 Å². The first-order valence-corrected chi connectivity index (χ1v) is 4.34. The molecule has 0 saturated carbocycles. The molecule has 4 nitrogen and oxygen atoms in total. The van der Waals surface area contributed by atoms with Gasteiger partial charge in [0.1, 0.15) is 10.8 Å². The Hall–Kier alpha value is -1.36. The second-order valence-electron chi connectivity index (χ2n) is 2.48. The fourth-order valence-corrected chi connectivity index (χ4v) is 1.64. The van der Waals surface area contributed by atoms with Crippen molar-refractivity contribution in [2.24, 2.45) is 7.05 Å². The smallest absolute Gasteiger partial charge is 0.135 e. The summed E-state index contributed by atoms with van der Waals surface area (Å²) in [5, 5.41) is 6.78. The maximum absolute atomic E-state index is 5.49. The predicted octanol–water partition coefficient (Wildman–Crippen LogP) is 1.13. The summed E-state index contributed by atoms with van der Waals surface area (Å²) in [7, 11) is 1.88. The fourth-order valence-electron chi connectivity index (χ4n) is 0.950. The number of aromatic nitrogens is 3. The number of hydrogen-bond donors (Lipinski definition) is 1. The average Bonchev–Trinajstić information content (AvgIpc) is 2.58. The molecule has 2 aromatic heterocycles. The molecular weight excluding hydrogens is 172 g/mol. The molecule has 0 aliphatic rings. The summed E-state index contributed by atoms with van der Waals surface area (Å²) >= 11 is 1.53. The van der Waals surface area contributed by atoms with Crippen molar-refractivity contribution in [1.29, 1.82) is 0 Å². The van der Waals surface area contributed by atoms with Crippen LogP contribution in [0, 0.1) is 0 Å². The standard InChI is InChI=1S/C7H8N4S/c1-11-3-5(2-9-11)7-10-6(8)4-12-7/h2-4H,8H2,1H3. The van der Waals surface area contributed by atoms with Gasteiger partial charge in [-0.3, -0.25) is 4.68 Å². The molecule has 0 amide bonds. The summed E-state index contributed by atoms with van der Waals surface area (Å²) in [6.07, 6.45) is 3.69. The highest BCUT2D eigenvalue weighted by Crippen LogP contribution is 2.23. The van der Waals surface area contributed by atoms with Crippen LogP contribution in [0.15, 0.2) is 17.8 Å². The summed E-state index contributed by atoms with van der Waals surface area (Å²) in [6, 6.07) is 0. The summed E-state index contributed by atoms with van der Waals surface area (Å²) in [4.78, 5) is 4.14. The highest BCUT2D eigenvalue weighted by atomic mass is 32.1. The van der Waals surface area contributed by atoms with Crippen LogP contribution >= 0.6 is 11.3 Å². The minimum absolute atomic E-state index is 0.568. The van der Waals surface area contributed by atoms with Crippen molar-refractivity contribution in [1.82, 2.24) is 14.8 Å². The fraction of sp³-hybridized carbons (Fsp3) is 0.143. The molecule has 2 rings (SSSR count). The minimum Gasteiger partial charge on any atom is -0.383 e. The van der Waals surface area contributed by atoms with E-state index in [1.807, 2.05) is 18.6 Å². The maximum Gasteiger partial charge on any atom is 0.135 e. The number of anilines is 1. The first kappa shape index (κ1) is 7.30. The molecule has 0 unspecified atom stereocenters. The Morgan fingerprint density at radius 2 is 2.42 bits per heavy atom. The Morgan fingerprint density at radius 1 is 1.58 bits per heavy atom. The highest BCUT2D eigenvalue weighted by molar-refractivity contribution is 7.13. The number of nitrogens with two attached hydrogens (primary N) is 1. The van der Waals surface area contributed by atoms with E-state index in [2.05, 4.69) is 10.1 Å². The number of rotatable bonds is 1. The van der Waals surface area contributed by atoms with Crippen LogP contribution in [0.25, 0.3) is 10.6 Å². The molecule has 0 aliphatic heterocycles. The van der Waals surface area contributed by atoms with E-state index >= 15 is 0 Å². The summed E-state index contributed by atoms with van der Waals surface area (Å²) in [5.41, 5.74) is 6.51. The SMILES string of the molecule is Cn1cc(-c2nc(N)cs2)cn1. The molecule has 0 spiro atoms. The van der Waals surface area contributed by atoms with E-state index in [1.165, 1.54) is 11.3 Å². The Bertz CT molecular complexity index is 351. The molecule has 2 aromatic rings. The molecule has 0 atom stereocenters. The van der Waals surface area contributed by atoms with Crippen molar-refractivity contribution in [3.63, 3.8) is 0 Å². The van der Waals surface area contributed by atoms with Crippen molar-refractivity contribution < 1.29 is 0 Å². The van der Waals surface area contributed by atoms with Gasteiger partial charge in [0.25, 0.3) is 0 Å². The lowest BCUT2D eigenvalue weighted by molar-refractivity contribution is 0.768. The number of aryl methyl sites for hydroxylation is 1. The largest absolute Gasteiger partial charge is 0.383 e. The third kappa shape index (κ3) is 1.18. The van der Waals surface area contributed by atoms with Crippen LogP contribution in [0.4, 0.5) is 5.82 Å². The van der Waals surface area contributed by atoms with Gasteiger partial charge >= 0.3 is 0 Å². The quantitative estimate of drug-likeness (QED) is 0.715. The molecule has 2 heterocycles. The van der Waals surface area contributed by atoms with E-state index < -0.39 is 0 Å². The van der Waals surface area contributed by atoms with Gasteiger partial charge in [0.2, 0.25) is 0 Å². The number of nitrogens with zero attached hydrogens (tertiary/aromatic N) is 3. The highest BCUT2D eigenvalue weighted by Gasteiger charge is 2.03. The molecule has 0 aromatic carbocycles. The van der Waals surface area contributed by atoms with Gasteiger partial charge in [-0.25, -0.2) is 4.98 Å².